The summed E-state index contributed by atoms with van der Waals surface area (Å²) in [7, 11) is -4.64. The Morgan fingerprint density at radius 3 is 2.74 bits per heavy atom. The first kappa shape index (κ1) is 26.2. The topological polar surface area (TPSA) is 232 Å². The summed E-state index contributed by atoms with van der Waals surface area (Å²) in [5.74, 6) is -1.18. The number of hydrogen-bond donors (Lipinski definition) is 4. The summed E-state index contributed by atoms with van der Waals surface area (Å²) < 4.78 is 29.3. The minimum absolute atomic E-state index is 0.0180. The molecule has 3 rings (SSSR count). The molecule has 16 heteroatoms. The van der Waals surface area contributed by atoms with Crippen LogP contribution in [0.1, 0.15) is 23.8 Å². The number of azide groups is 1. The SMILES string of the molecule is Cc1cn([C@H]2CC(N=[N+]=[N-])[C@@H](COP(=O)(O)Oc3ccc(C[C@H](N)C(=O)O)cc3)O2)c(=O)[nH]c1=O. The molecule has 1 aromatic heterocycles. The Morgan fingerprint density at radius 1 is 1.43 bits per heavy atom. The predicted octanol–water partition coefficient (Wildman–Crippen LogP) is 0.962. The van der Waals surface area contributed by atoms with Crippen molar-refractivity contribution in [2.24, 2.45) is 10.8 Å². The Balaban J connectivity index is 1.64. The predicted molar refractivity (Wildman–Crippen MR) is 120 cm³/mol. The molecule has 15 nitrogen and oxygen atoms in total. The van der Waals surface area contributed by atoms with Crippen molar-refractivity contribution in [1.82, 2.24) is 9.55 Å². The van der Waals surface area contributed by atoms with Gasteiger partial charge in [-0.1, -0.05) is 17.2 Å². The molecule has 1 aliphatic heterocycles. The number of carboxylic acids is 1. The monoisotopic (exact) mass is 510 g/mol. The van der Waals surface area contributed by atoms with Crippen LogP contribution in [0.4, 0.5) is 0 Å². The summed E-state index contributed by atoms with van der Waals surface area (Å²) in [6.07, 6.45) is -0.485. The lowest BCUT2D eigenvalue weighted by atomic mass is 10.1. The number of aromatic amines is 1. The van der Waals surface area contributed by atoms with E-state index in [1.54, 1.807) is 0 Å². The van der Waals surface area contributed by atoms with Gasteiger partial charge in [-0.05, 0) is 36.6 Å². The maximum absolute atomic E-state index is 12.4. The third-order valence-corrected chi connectivity index (χ3v) is 6.10. The molecular weight excluding hydrogens is 487 g/mol. The van der Waals surface area contributed by atoms with Gasteiger partial charge in [0.25, 0.3) is 5.56 Å². The van der Waals surface area contributed by atoms with Crippen LogP contribution in [0.15, 0.2) is 45.2 Å². The molecule has 0 saturated carbocycles. The Hall–Kier alpha value is -3.45. The van der Waals surface area contributed by atoms with E-state index in [2.05, 4.69) is 15.0 Å². The molecule has 0 spiro atoms. The fourth-order valence-electron chi connectivity index (χ4n) is 3.38. The van der Waals surface area contributed by atoms with E-state index < -0.39 is 56.1 Å². The second kappa shape index (κ2) is 10.9. The number of hydrogen-bond acceptors (Lipinski definition) is 9. The smallest absolute Gasteiger partial charge is 0.480 e. The van der Waals surface area contributed by atoms with Gasteiger partial charge in [0.1, 0.15) is 18.0 Å². The van der Waals surface area contributed by atoms with Crippen molar-refractivity contribution >= 4 is 13.8 Å². The fourth-order valence-corrected chi connectivity index (χ4v) is 4.15. The number of ether oxygens (including phenoxy) is 1. The Bertz CT molecular complexity index is 1290. The molecule has 1 saturated heterocycles. The molecule has 5 atom stereocenters. The number of carbonyl (C=O) groups is 1. The highest BCUT2D eigenvalue weighted by atomic mass is 31.2. The number of H-pyrrole nitrogens is 1. The number of aryl methyl sites for hydroxylation is 1. The number of phosphoric acid groups is 1. The van der Waals surface area contributed by atoms with Gasteiger partial charge in [-0.2, -0.15) is 0 Å². The molecule has 2 unspecified atom stereocenters. The zero-order chi connectivity index (χ0) is 25.8. The second-order valence-corrected chi connectivity index (χ2v) is 9.14. The lowest BCUT2D eigenvalue weighted by Crippen LogP contribution is -2.33. The van der Waals surface area contributed by atoms with Gasteiger partial charge in [-0.3, -0.25) is 28.6 Å². The van der Waals surface area contributed by atoms with Gasteiger partial charge in [-0.25, -0.2) is 9.36 Å². The summed E-state index contributed by atoms with van der Waals surface area (Å²) in [4.78, 5) is 49.5. The number of carboxylic acid groups (broad SMARTS) is 1. The maximum atomic E-state index is 12.4. The molecule has 2 aromatic rings. The highest BCUT2D eigenvalue weighted by Gasteiger charge is 2.38. The van der Waals surface area contributed by atoms with Crippen molar-refractivity contribution in [2.75, 3.05) is 6.61 Å². The van der Waals surface area contributed by atoms with Crippen molar-refractivity contribution in [1.29, 1.82) is 0 Å². The van der Waals surface area contributed by atoms with Gasteiger partial charge in [0, 0.05) is 23.1 Å². The van der Waals surface area contributed by atoms with E-state index in [1.807, 2.05) is 0 Å². The molecule has 1 aromatic carbocycles. The van der Waals surface area contributed by atoms with Crippen LogP contribution in [0.5, 0.6) is 5.75 Å². The van der Waals surface area contributed by atoms with E-state index in [-0.39, 0.29) is 24.2 Å². The number of nitrogens with one attached hydrogen (secondary N) is 1. The average Bonchev–Trinajstić information content (AvgIpc) is 3.19. The van der Waals surface area contributed by atoms with Crippen LogP contribution in [0.2, 0.25) is 0 Å². The minimum Gasteiger partial charge on any atom is -0.480 e. The van der Waals surface area contributed by atoms with Crippen LogP contribution in [-0.4, -0.2) is 50.3 Å². The lowest BCUT2D eigenvalue weighted by Gasteiger charge is -2.19. The number of nitrogens with zero attached hydrogens (tertiary/aromatic N) is 4. The molecule has 5 N–H and O–H groups in total. The number of benzene rings is 1. The number of phosphoric ester groups is 1. The van der Waals surface area contributed by atoms with E-state index >= 15 is 0 Å². The van der Waals surface area contributed by atoms with Gasteiger partial charge in [-0.15, -0.1) is 0 Å². The van der Waals surface area contributed by atoms with Crippen molar-refractivity contribution in [2.45, 2.75) is 44.2 Å². The highest BCUT2D eigenvalue weighted by molar-refractivity contribution is 7.47. The van der Waals surface area contributed by atoms with E-state index in [1.165, 1.54) is 37.4 Å². The quantitative estimate of drug-likeness (QED) is 0.153. The van der Waals surface area contributed by atoms with Crippen LogP contribution in [0, 0.1) is 6.92 Å². The van der Waals surface area contributed by atoms with Crippen LogP contribution >= 0.6 is 7.82 Å². The third-order valence-electron chi connectivity index (χ3n) is 5.18. The molecule has 188 valence electrons. The number of aromatic nitrogens is 2. The third kappa shape index (κ3) is 6.79. The van der Waals surface area contributed by atoms with Crippen LogP contribution < -0.4 is 21.5 Å². The van der Waals surface area contributed by atoms with Crippen LogP contribution in [0.25, 0.3) is 10.4 Å². The van der Waals surface area contributed by atoms with E-state index in [4.69, 9.17) is 30.2 Å². The van der Waals surface area contributed by atoms with E-state index in [0.29, 0.717) is 5.56 Å². The van der Waals surface area contributed by atoms with Crippen molar-refractivity contribution < 1.29 is 33.1 Å². The molecule has 0 aliphatic carbocycles. The molecule has 1 fully saturated rings. The van der Waals surface area contributed by atoms with Gasteiger partial charge in [0.2, 0.25) is 0 Å². The van der Waals surface area contributed by atoms with Gasteiger partial charge >= 0.3 is 19.5 Å². The van der Waals surface area contributed by atoms with Gasteiger partial charge in [0.15, 0.2) is 0 Å². The van der Waals surface area contributed by atoms with Crippen molar-refractivity contribution in [3.8, 4) is 5.75 Å². The average molecular weight is 510 g/mol. The van der Waals surface area contributed by atoms with Crippen molar-refractivity contribution in [3.05, 3.63) is 72.9 Å². The van der Waals surface area contributed by atoms with E-state index in [9.17, 15) is 23.8 Å². The van der Waals surface area contributed by atoms with Crippen LogP contribution in [-0.2, 0) is 25.0 Å². The molecular formula is C19H23N6O9P. The summed E-state index contributed by atoms with van der Waals surface area (Å²) >= 11 is 0. The first-order valence-corrected chi connectivity index (χ1v) is 11.7. The van der Waals surface area contributed by atoms with Crippen LogP contribution in [0.3, 0.4) is 0 Å². The Kier molecular flexibility index (Phi) is 8.12. The summed E-state index contributed by atoms with van der Waals surface area (Å²) in [5.41, 5.74) is 13.9. The summed E-state index contributed by atoms with van der Waals surface area (Å²) in [6.45, 7) is 0.998. The lowest BCUT2D eigenvalue weighted by molar-refractivity contribution is -0.138. The summed E-state index contributed by atoms with van der Waals surface area (Å²) in [6, 6.07) is 3.76. The molecule has 1 aliphatic rings. The number of aliphatic carboxylic acids is 1. The molecule has 2 heterocycles. The number of rotatable bonds is 10. The number of nitrogens with two attached hydrogens (primary N) is 1. The standard InChI is InChI=1S/C19H23N6O9P/c1-10-8-25(19(29)22-17(10)26)16-7-14(23-24-21)15(33-16)9-32-35(30,31)34-12-4-2-11(3-5-12)6-13(20)18(27)28/h2-5,8,13-16H,6-7,9,20H2,1H3,(H,27,28)(H,30,31)(H,22,26,29)/t13-,14?,15+,16+/m0/s1. The molecule has 0 radical (unpaired) electrons. The van der Waals surface area contributed by atoms with Gasteiger partial charge < -0.3 is 20.1 Å². The molecule has 0 bridgehead atoms. The first-order chi connectivity index (χ1) is 16.5. The Morgan fingerprint density at radius 2 is 2.11 bits per heavy atom. The van der Waals surface area contributed by atoms with Crippen molar-refractivity contribution in [3.63, 3.8) is 0 Å². The first-order valence-electron chi connectivity index (χ1n) is 10.2. The van der Waals surface area contributed by atoms with E-state index in [0.717, 1.165) is 4.57 Å². The highest BCUT2D eigenvalue weighted by Crippen LogP contribution is 2.45. The normalized spacial score (nSPS) is 22.1. The largest absolute Gasteiger partial charge is 0.527 e. The molecule has 0 amide bonds. The Labute approximate surface area is 197 Å². The maximum Gasteiger partial charge on any atom is 0.527 e. The minimum atomic E-state index is -4.64. The van der Waals surface area contributed by atoms with Gasteiger partial charge in [0.05, 0.1) is 18.8 Å². The fraction of sp³-hybridized carbons (Fsp3) is 0.421. The zero-order valence-corrected chi connectivity index (χ0v) is 19.3. The molecule has 35 heavy (non-hydrogen) atoms. The zero-order valence-electron chi connectivity index (χ0n) is 18.4. The summed E-state index contributed by atoms with van der Waals surface area (Å²) in [5, 5.41) is 12.5. The second-order valence-electron chi connectivity index (χ2n) is 7.76.